The van der Waals surface area contributed by atoms with Gasteiger partial charge in [0.25, 0.3) is 0 Å². The van der Waals surface area contributed by atoms with E-state index in [4.69, 9.17) is 5.10 Å². The van der Waals surface area contributed by atoms with Crippen LogP contribution < -0.4 is 10.5 Å². The molecule has 3 aromatic rings. The summed E-state index contributed by atoms with van der Waals surface area (Å²) in [6, 6.07) is 7.68. The fourth-order valence-electron chi connectivity index (χ4n) is 4.52. The van der Waals surface area contributed by atoms with Crippen molar-refractivity contribution < 1.29 is 0 Å². The number of aromatic nitrogens is 5. The van der Waals surface area contributed by atoms with Crippen molar-refractivity contribution in [2.45, 2.75) is 38.1 Å². The first-order valence-electron chi connectivity index (χ1n) is 10.5. The van der Waals surface area contributed by atoms with E-state index in [9.17, 15) is 4.79 Å². The van der Waals surface area contributed by atoms with E-state index in [0.29, 0.717) is 5.92 Å². The Kier molecular flexibility index (Phi) is 4.79. The predicted octanol–water partition coefficient (Wildman–Crippen LogP) is 1.80. The van der Waals surface area contributed by atoms with E-state index < -0.39 is 0 Å². The lowest BCUT2D eigenvalue weighted by molar-refractivity contribution is 0.200. The lowest BCUT2D eigenvalue weighted by atomic mass is 9.96. The van der Waals surface area contributed by atoms with E-state index in [2.05, 4.69) is 26.1 Å². The highest BCUT2D eigenvalue weighted by atomic mass is 16.1. The van der Waals surface area contributed by atoms with Crippen molar-refractivity contribution in [2.24, 2.45) is 7.05 Å². The second-order valence-corrected chi connectivity index (χ2v) is 8.25. The minimum Gasteiger partial charge on any atom is -0.355 e. The van der Waals surface area contributed by atoms with Crippen LogP contribution in [0.3, 0.4) is 0 Å². The smallest absolute Gasteiger partial charge is 0.250 e. The van der Waals surface area contributed by atoms with Gasteiger partial charge in [0.1, 0.15) is 5.82 Å². The highest BCUT2D eigenvalue weighted by Crippen LogP contribution is 2.28. The average Bonchev–Trinajstić information content (AvgIpc) is 3.41. The molecular weight excluding hydrogens is 366 g/mol. The Balaban J connectivity index is 1.28. The van der Waals surface area contributed by atoms with Gasteiger partial charge in [-0.25, -0.2) is 0 Å². The molecule has 0 saturated carbocycles. The van der Waals surface area contributed by atoms with E-state index >= 15 is 0 Å². The van der Waals surface area contributed by atoms with Gasteiger partial charge in [0.2, 0.25) is 5.56 Å². The molecule has 0 bridgehead atoms. The number of anilines is 1. The molecule has 5 rings (SSSR count). The number of pyridine rings is 1. The van der Waals surface area contributed by atoms with Crippen LogP contribution in [0.4, 0.5) is 5.82 Å². The summed E-state index contributed by atoms with van der Waals surface area (Å²) in [5, 5.41) is 13.7. The standard InChI is InChI=1S/C21H27N7O/c1-25-14-16(4-7-20(25)29)15-26-12-8-17(9-13-26)21-23-22-18-5-6-19(24-28(18)21)27-10-2-3-11-27/h4-7,14,17H,2-3,8-13,15H2,1H3. The van der Waals surface area contributed by atoms with Gasteiger partial charge in [0, 0.05) is 44.9 Å². The summed E-state index contributed by atoms with van der Waals surface area (Å²) in [7, 11) is 1.80. The van der Waals surface area contributed by atoms with Crippen LogP contribution in [0.1, 0.15) is 43.0 Å². The lowest BCUT2D eigenvalue weighted by Crippen LogP contribution is -2.33. The summed E-state index contributed by atoms with van der Waals surface area (Å²) in [6.07, 6.45) is 6.50. The van der Waals surface area contributed by atoms with E-state index in [1.54, 1.807) is 17.7 Å². The number of hydrogen-bond donors (Lipinski definition) is 0. The molecule has 0 spiro atoms. The Hall–Kier alpha value is -2.74. The van der Waals surface area contributed by atoms with Crippen LogP contribution in [-0.4, -0.2) is 55.5 Å². The van der Waals surface area contributed by atoms with E-state index in [-0.39, 0.29) is 5.56 Å². The Labute approximate surface area is 169 Å². The summed E-state index contributed by atoms with van der Waals surface area (Å²) in [5.41, 5.74) is 2.04. The molecule has 0 aromatic carbocycles. The van der Waals surface area contributed by atoms with Crippen molar-refractivity contribution in [1.29, 1.82) is 0 Å². The van der Waals surface area contributed by atoms with Crippen molar-refractivity contribution in [3.05, 3.63) is 52.2 Å². The SMILES string of the molecule is Cn1cc(CN2CCC(c3nnc4ccc(N5CCCC5)nn34)CC2)ccc1=O. The number of aryl methyl sites for hydroxylation is 1. The molecule has 2 fully saturated rings. The molecule has 8 nitrogen and oxygen atoms in total. The first-order valence-corrected chi connectivity index (χ1v) is 10.5. The molecule has 0 N–H and O–H groups in total. The summed E-state index contributed by atoms with van der Waals surface area (Å²) in [6.45, 7) is 5.06. The maximum Gasteiger partial charge on any atom is 0.250 e. The van der Waals surface area contributed by atoms with Gasteiger partial charge in [0.15, 0.2) is 11.5 Å². The predicted molar refractivity (Wildman–Crippen MR) is 111 cm³/mol. The monoisotopic (exact) mass is 393 g/mol. The molecule has 0 aliphatic carbocycles. The number of fused-ring (bicyclic) bond motifs is 1. The molecule has 8 heteroatoms. The zero-order valence-electron chi connectivity index (χ0n) is 16.9. The van der Waals surface area contributed by atoms with Gasteiger partial charge >= 0.3 is 0 Å². The molecule has 152 valence electrons. The van der Waals surface area contributed by atoms with Crippen molar-refractivity contribution in [1.82, 2.24) is 29.3 Å². The van der Waals surface area contributed by atoms with Crippen LogP contribution >= 0.6 is 0 Å². The quantitative estimate of drug-likeness (QED) is 0.673. The van der Waals surface area contributed by atoms with Gasteiger partial charge in [0.05, 0.1) is 0 Å². The zero-order chi connectivity index (χ0) is 19.8. The molecule has 5 heterocycles. The minimum atomic E-state index is 0.0342. The zero-order valence-corrected chi connectivity index (χ0v) is 16.9. The number of likely N-dealkylation sites (tertiary alicyclic amines) is 1. The summed E-state index contributed by atoms with van der Waals surface area (Å²) in [4.78, 5) is 16.4. The molecule has 0 unspecified atom stereocenters. The van der Waals surface area contributed by atoms with Crippen molar-refractivity contribution in [3.8, 4) is 0 Å². The fourth-order valence-corrected chi connectivity index (χ4v) is 4.52. The molecule has 2 aliphatic rings. The normalized spacial score (nSPS) is 18.7. The van der Waals surface area contributed by atoms with Gasteiger partial charge in [-0.2, -0.15) is 4.52 Å². The van der Waals surface area contributed by atoms with Crippen LogP contribution in [0.2, 0.25) is 0 Å². The third-order valence-electron chi connectivity index (χ3n) is 6.21. The fraction of sp³-hybridized carbons (Fsp3) is 0.524. The Bertz CT molecular complexity index is 1060. The Morgan fingerprint density at radius 1 is 1.00 bits per heavy atom. The molecule has 3 aromatic heterocycles. The first kappa shape index (κ1) is 18.3. The third kappa shape index (κ3) is 3.64. The molecule has 29 heavy (non-hydrogen) atoms. The van der Waals surface area contributed by atoms with Crippen LogP contribution in [0.25, 0.3) is 5.65 Å². The molecule has 2 saturated heterocycles. The number of nitrogens with zero attached hydrogens (tertiary/aromatic N) is 7. The second kappa shape index (κ2) is 7.59. The molecule has 2 aliphatic heterocycles. The maximum absolute atomic E-state index is 11.6. The topological polar surface area (TPSA) is 71.6 Å². The number of hydrogen-bond acceptors (Lipinski definition) is 6. The summed E-state index contributed by atoms with van der Waals surface area (Å²) in [5.74, 6) is 2.40. The van der Waals surface area contributed by atoms with Gasteiger partial charge < -0.3 is 9.47 Å². The largest absolute Gasteiger partial charge is 0.355 e. The molecule has 0 amide bonds. The van der Waals surface area contributed by atoms with E-state index in [1.165, 1.54) is 18.4 Å². The van der Waals surface area contributed by atoms with E-state index in [0.717, 1.165) is 62.9 Å². The van der Waals surface area contributed by atoms with Gasteiger partial charge in [-0.15, -0.1) is 15.3 Å². The van der Waals surface area contributed by atoms with Gasteiger partial charge in [-0.1, -0.05) is 6.07 Å². The Morgan fingerprint density at radius 2 is 1.79 bits per heavy atom. The van der Waals surface area contributed by atoms with Crippen LogP contribution in [0.15, 0.2) is 35.3 Å². The van der Waals surface area contributed by atoms with E-state index in [1.807, 2.05) is 22.8 Å². The first-order chi connectivity index (χ1) is 14.2. The maximum atomic E-state index is 11.6. The summed E-state index contributed by atoms with van der Waals surface area (Å²) >= 11 is 0. The molecule has 0 atom stereocenters. The van der Waals surface area contributed by atoms with Crippen molar-refractivity contribution >= 4 is 11.5 Å². The Morgan fingerprint density at radius 3 is 2.55 bits per heavy atom. The van der Waals surface area contributed by atoms with Crippen LogP contribution in [0, 0.1) is 0 Å². The van der Waals surface area contributed by atoms with Crippen molar-refractivity contribution in [3.63, 3.8) is 0 Å². The van der Waals surface area contributed by atoms with Crippen LogP contribution in [-0.2, 0) is 13.6 Å². The highest BCUT2D eigenvalue weighted by molar-refractivity contribution is 5.46. The summed E-state index contributed by atoms with van der Waals surface area (Å²) < 4.78 is 3.61. The molecule has 0 radical (unpaired) electrons. The lowest BCUT2D eigenvalue weighted by Gasteiger charge is -2.31. The molecular formula is C21H27N7O. The number of rotatable bonds is 4. The highest BCUT2D eigenvalue weighted by Gasteiger charge is 2.26. The van der Waals surface area contributed by atoms with Gasteiger partial charge in [-0.05, 0) is 56.5 Å². The second-order valence-electron chi connectivity index (χ2n) is 8.25. The minimum absolute atomic E-state index is 0.0342. The van der Waals surface area contributed by atoms with Gasteiger partial charge in [-0.3, -0.25) is 9.69 Å². The van der Waals surface area contributed by atoms with Crippen LogP contribution in [0.5, 0.6) is 0 Å². The third-order valence-corrected chi connectivity index (χ3v) is 6.21. The number of piperidine rings is 1. The van der Waals surface area contributed by atoms with Crippen molar-refractivity contribution in [2.75, 3.05) is 31.1 Å². The average molecular weight is 393 g/mol.